The summed E-state index contributed by atoms with van der Waals surface area (Å²) in [6.07, 6.45) is 1.49. The average molecular weight is 271 g/mol. The molecule has 100 valence electrons. The molecule has 18 heavy (non-hydrogen) atoms. The van der Waals surface area contributed by atoms with Crippen LogP contribution in [0.4, 0.5) is 4.39 Å². The SMILES string of the molecule is Cc1ccc(F)cc1CNCC1CCCS1(=O)=O. The molecule has 1 unspecified atom stereocenters. The van der Waals surface area contributed by atoms with Crippen molar-refractivity contribution < 1.29 is 12.8 Å². The molecule has 1 aromatic rings. The van der Waals surface area contributed by atoms with Crippen molar-refractivity contribution in [1.82, 2.24) is 5.32 Å². The Hall–Kier alpha value is -0.940. The van der Waals surface area contributed by atoms with Crippen LogP contribution in [0.2, 0.25) is 0 Å². The van der Waals surface area contributed by atoms with Gasteiger partial charge in [0.25, 0.3) is 0 Å². The molecule has 0 radical (unpaired) electrons. The highest BCUT2D eigenvalue weighted by atomic mass is 32.2. The van der Waals surface area contributed by atoms with E-state index in [1.165, 1.54) is 12.1 Å². The summed E-state index contributed by atoms with van der Waals surface area (Å²) in [6.45, 7) is 2.89. The van der Waals surface area contributed by atoms with E-state index in [4.69, 9.17) is 0 Å². The van der Waals surface area contributed by atoms with E-state index in [2.05, 4.69) is 5.32 Å². The summed E-state index contributed by atoms with van der Waals surface area (Å²) >= 11 is 0. The van der Waals surface area contributed by atoms with Crippen LogP contribution < -0.4 is 5.32 Å². The highest BCUT2D eigenvalue weighted by Crippen LogP contribution is 2.19. The molecule has 1 heterocycles. The number of benzene rings is 1. The van der Waals surface area contributed by atoms with Gasteiger partial charge < -0.3 is 5.32 Å². The Morgan fingerprint density at radius 1 is 1.44 bits per heavy atom. The molecule has 0 bridgehead atoms. The first kappa shape index (κ1) is 13.5. The maximum atomic E-state index is 13.1. The lowest BCUT2D eigenvalue weighted by Gasteiger charge is -2.12. The van der Waals surface area contributed by atoms with Gasteiger partial charge in [-0.15, -0.1) is 0 Å². The summed E-state index contributed by atoms with van der Waals surface area (Å²) in [7, 11) is -2.90. The van der Waals surface area contributed by atoms with Gasteiger partial charge in [0, 0.05) is 13.1 Å². The summed E-state index contributed by atoms with van der Waals surface area (Å²) in [5.41, 5.74) is 1.89. The van der Waals surface area contributed by atoms with E-state index in [9.17, 15) is 12.8 Å². The zero-order valence-corrected chi connectivity index (χ0v) is 11.3. The van der Waals surface area contributed by atoms with Crippen molar-refractivity contribution in [2.24, 2.45) is 0 Å². The van der Waals surface area contributed by atoms with Gasteiger partial charge in [-0.25, -0.2) is 12.8 Å². The van der Waals surface area contributed by atoms with E-state index in [1.807, 2.05) is 6.92 Å². The minimum absolute atomic E-state index is 0.258. The van der Waals surface area contributed by atoms with E-state index in [0.29, 0.717) is 18.8 Å². The van der Waals surface area contributed by atoms with Crippen molar-refractivity contribution in [2.45, 2.75) is 31.6 Å². The fourth-order valence-electron chi connectivity index (χ4n) is 2.29. The molecule has 1 aliphatic rings. The van der Waals surface area contributed by atoms with E-state index >= 15 is 0 Å². The maximum absolute atomic E-state index is 13.1. The molecule has 1 fully saturated rings. The zero-order chi connectivity index (χ0) is 13.2. The Balaban J connectivity index is 1.91. The smallest absolute Gasteiger partial charge is 0.154 e. The number of nitrogens with one attached hydrogen (secondary N) is 1. The Labute approximate surface area is 107 Å². The van der Waals surface area contributed by atoms with Crippen LogP contribution in [0, 0.1) is 12.7 Å². The summed E-state index contributed by atoms with van der Waals surface area (Å²) < 4.78 is 36.3. The molecular formula is C13H18FNO2S. The molecule has 0 amide bonds. The highest BCUT2D eigenvalue weighted by molar-refractivity contribution is 7.92. The normalized spacial score (nSPS) is 22.2. The number of hydrogen-bond donors (Lipinski definition) is 1. The van der Waals surface area contributed by atoms with Crippen molar-refractivity contribution in [3.8, 4) is 0 Å². The molecule has 0 aliphatic carbocycles. The van der Waals surface area contributed by atoms with Gasteiger partial charge >= 0.3 is 0 Å². The summed E-state index contributed by atoms with van der Waals surface area (Å²) in [5.74, 6) is 0.0455. The minimum Gasteiger partial charge on any atom is -0.311 e. The molecular weight excluding hydrogens is 253 g/mol. The van der Waals surface area contributed by atoms with Gasteiger partial charge in [-0.1, -0.05) is 6.07 Å². The summed E-state index contributed by atoms with van der Waals surface area (Å²) in [4.78, 5) is 0. The van der Waals surface area contributed by atoms with Crippen LogP contribution in [-0.4, -0.2) is 26.0 Å². The lowest BCUT2D eigenvalue weighted by molar-refractivity contribution is 0.572. The van der Waals surface area contributed by atoms with Gasteiger partial charge in [-0.3, -0.25) is 0 Å². The van der Waals surface area contributed by atoms with Crippen LogP contribution in [0.25, 0.3) is 0 Å². The van der Waals surface area contributed by atoms with Gasteiger partial charge in [0.2, 0.25) is 0 Å². The second-order valence-corrected chi connectivity index (χ2v) is 7.23. The molecule has 1 atom stereocenters. The molecule has 1 aliphatic heterocycles. The second kappa shape index (κ2) is 5.36. The predicted molar refractivity (Wildman–Crippen MR) is 69.7 cm³/mol. The Morgan fingerprint density at radius 3 is 2.89 bits per heavy atom. The van der Waals surface area contributed by atoms with E-state index in [0.717, 1.165) is 24.0 Å². The molecule has 0 saturated carbocycles. The average Bonchev–Trinajstić information content (AvgIpc) is 2.63. The van der Waals surface area contributed by atoms with Crippen molar-refractivity contribution in [3.63, 3.8) is 0 Å². The van der Waals surface area contributed by atoms with E-state index < -0.39 is 9.84 Å². The third kappa shape index (κ3) is 3.09. The van der Waals surface area contributed by atoms with Crippen LogP contribution in [0.1, 0.15) is 24.0 Å². The van der Waals surface area contributed by atoms with Crippen molar-refractivity contribution >= 4 is 9.84 Å². The Kier molecular flexibility index (Phi) is 4.02. The third-order valence-corrected chi connectivity index (χ3v) is 5.74. The van der Waals surface area contributed by atoms with Crippen molar-refractivity contribution in [1.29, 1.82) is 0 Å². The Morgan fingerprint density at radius 2 is 2.22 bits per heavy atom. The van der Waals surface area contributed by atoms with Crippen molar-refractivity contribution in [3.05, 3.63) is 35.1 Å². The highest BCUT2D eigenvalue weighted by Gasteiger charge is 2.30. The molecule has 1 N–H and O–H groups in total. The molecule has 1 saturated heterocycles. The fourth-order valence-corrected chi connectivity index (χ4v) is 4.09. The number of rotatable bonds is 4. The molecule has 5 heteroatoms. The Bertz CT molecular complexity index is 528. The minimum atomic E-state index is -2.90. The lowest BCUT2D eigenvalue weighted by Crippen LogP contribution is -2.30. The fraction of sp³-hybridized carbons (Fsp3) is 0.538. The molecule has 2 rings (SSSR count). The van der Waals surface area contributed by atoms with Crippen LogP contribution in [0.5, 0.6) is 0 Å². The summed E-state index contributed by atoms with van der Waals surface area (Å²) in [6, 6.07) is 4.66. The maximum Gasteiger partial charge on any atom is 0.154 e. The monoisotopic (exact) mass is 271 g/mol. The number of halogens is 1. The van der Waals surface area contributed by atoms with Crippen LogP contribution in [0.3, 0.4) is 0 Å². The van der Waals surface area contributed by atoms with Crippen LogP contribution in [-0.2, 0) is 16.4 Å². The molecule has 3 nitrogen and oxygen atoms in total. The lowest BCUT2D eigenvalue weighted by atomic mass is 10.1. The zero-order valence-electron chi connectivity index (χ0n) is 10.4. The first-order valence-corrected chi connectivity index (χ1v) is 7.88. The van der Waals surface area contributed by atoms with Gasteiger partial charge in [0.1, 0.15) is 5.82 Å². The summed E-state index contributed by atoms with van der Waals surface area (Å²) in [5, 5.41) is 2.85. The van der Waals surface area contributed by atoms with Gasteiger partial charge in [0.15, 0.2) is 9.84 Å². The first-order chi connectivity index (χ1) is 8.49. The van der Waals surface area contributed by atoms with Gasteiger partial charge in [-0.2, -0.15) is 0 Å². The largest absolute Gasteiger partial charge is 0.311 e. The van der Waals surface area contributed by atoms with Crippen LogP contribution in [0.15, 0.2) is 18.2 Å². The number of sulfone groups is 1. The third-order valence-electron chi connectivity index (χ3n) is 3.46. The van der Waals surface area contributed by atoms with Crippen LogP contribution >= 0.6 is 0 Å². The van der Waals surface area contributed by atoms with Gasteiger partial charge in [-0.05, 0) is 43.0 Å². The van der Waals surface area contributed by atoms with Crippen molar-refractivity contribution in [2.75, 3.05) is 12.3 Å². The second-order valence-electron chi connectivity index (χ2n) is 4.83. The number of aryl methyl sites for hydroxylation is 1. The molecule has 1 aromatic carbocycles. The van der Waals surface area contributed by atoms with E-state index in [1.54, 1.807) is 6.07 Å². The molecule has 0 spiro atoms. The van der Waals surface area contributed by atoms with E-state index in [-0.39, 0.29) is 11.1 Å². The standard InChI is InChI=1S/C13H18FNO2S/c1-10-4-5-12(14)7-11(10)8-15-9-13-3-2-6-18(13,16)17/h4-5,7,13,15H,2-3,6,8-9H2,1H3. The predicted octanol–water partition coefficient (Wildman–Crippen LogP) is 1.80. The first-order valence-electron chi connectivity index (χ1n) is 6.16. The molecule has 0 aromatic heterocycles. The topological polar surface area (TPSA) is 46.2 Å². The quantitative estimate of drug-likeness (QED) is 0.908. The number of hydrogen-bond acceptors (Lipinski definition) is 3. The van der Waals surface area contributed by atoms with Gasteiger partial charge in [0.05, 0.1) is 11.0 Å².